The largest absolute Gasteiger partial charge is 0.362 e. The van der Waals surface area contributed by atoms with E-state index in [2.05, 4.69) is 20.3 Å². The standard InChI is InChI=1S/C11H13ClN4S/c1-6-4-10(16-11(12)13-6)14-7(2)9-5-17-8(3)15-9/h4-5,7H,1-3H3,(H,13,14,16). The molecule has 2 heterocycles. The molecule has 0 aliphatic rings. The van der Waals surface area contributed by atoms with Gasteiger partial charge in [-0.05, 0) is 32.4 Å². The molecule has 90 valence electrons. The number of halogens is 1. The van der Waals surface area contributed by atoms with Crippen LogP contribution >= 0.6 is 22.9 Å². The molecular weight excluding hydrogens is 256 g/mol. The lowest BCUT2D eigenvalue weighted by atomic mass is 10.2. The first-order chi connectivity index (χ1) is 8.04. The first-order valence-corrected chi connectivity index (χ1v) is 6.50. The van der Waals surface area contributed by atoms with Crippen LogP contribution in [0.25, 0.3) is 0 Å². The molecule has 1 N–H and O–H groups in total. The highest BCUT2D eigenvalue weighted by atomic mass is 35.5. The van der Waals surface area contributed by atoms with Crippen molar-refractivity contribution in [2.24, 2.45) is 0 Å². The number of anilines is 1. The normalized spacial score (nSPS) is 12.5. The molecule has 0 aliphatic heterocycles. The smallest absolute Gasteiger partial charge is 0.224 e. The molecule has 0 aliphatic carbocycles. The summed E-state index contributed by atoms with van der Waals surface area (Å²) < 4.78 is 0. The van der Waals surface area contributed by atoms with Gasteiger partial charge < -0.3 is 5.32 Å². The van der Waals surface area contributed by atoms with Crippen LogP contribution in [0.2, 0.25) is 5.28 Å². The van der Waals surface area contributed by atoms with Crippen molar-refractivity contribution in [3.05, 3.63) is 33.1 Å². The maximum Gasteiger partial charge on any atom is 0.224 e. The molecule has 0 spiro atoms. The number of thiazole rings is 1. The summed E-state index contributed by atoms with van der Waals surface area (Å²) in [5.74, 6) is 0.723. The molecule has 1 atom stereocenters. The fraction of sp³-hybridized carbons (Fsp3) is 0.364. The number of aryl methyl sites for hydroxylation is 2. The van der Waals surface area contributed by atoms with Gasteiger partial charge in [-0.2, -0.15) is 0 Å². The molecule has 0 fully saturated rings. The number of hydrogen-bond donors (Lipinski definition) is 1. The van der Waals surface area contributed by atoms with Crippen molar-refractivity contribution in [3.63, 3.8) is 0 Å². The Morgan fingerprint density at radius 3 is 2.65 bits per heavy atom. The van der Waals surface area contributed by atoms with Crippen molar-refractivity contribution in [1.82, 2.24) is 15.0 Å². The van der Waals surface area contributed by atoms with Gasteiger partial charge >= 0.3 is 0 Å². The molecule has 17 heavy (non-hydrogen) atoms. The van der Waals surface area contributed by atoms with E-state index in [1.807, 2.05) is 32.2 Å². The van der Waals surface area contributed by atoms with Gasteiger partial charge in [0.15, 0.2) is 0 Å². The molecule has 2 aromatic rings. The zero-order chi connectivity index (χ0) is 12.4. The summed E-state index contributed by atoms with van der Waals surface area (Å²) in [6.45, 7) is 5.92. The van der Waals surface area contributed by atoms with E-state index >= 15 is 0 Å². The van der Waals surface area contributed by atoms with Gasteiger partial charge in [0.05, 0.1) is 16.7 Å². The Labute approximate surface area is 109 Å². The molecule has 2 rings (SSSR count). The van der Waals surface area contributed by atoms with Crippen molar-refractivity contribution >= 4 is 28.8 Å². The minimum atomic E-state index is 0.102. The average Bonchev–Trinajstić information content (AvgIpc) is 2.63. The second-order valence-corrected chi connectivity index (χ2v) is 5.22. The third kappa shape index (κ3) is 3.14. The summed E-state index contributed by atoms with van der Waals surface area (Å²) in [6, 6.07) is 1.96. The second-order valence-electron chi connectivity index (χ2n) is 3.82. The summed E-state index contributed by atoms with van der Waals surface area (Å²) in [7, 11) is 0. The number of rotatable bonds is 3. The Balaban J connectivity index is 2.15. The van der Waals surface area contributed by atoms with Crippen LogP contribution in [0.4, 0.5) is 5.82 Å². The molecule has 1 unspecified atom stereocenters. The highest BCUT2D eigenvalue weighted by molar-refractivity contribution is 7.09. The van der Waals surface area contributed by atoms with Crippen molar-refractivity contribution in [3.8, 4) is 0 Å². The zero-order valence-electron chi connectivity index (χ0n) is 9.86. The molecule has 0 bridgehead atoms. The Morgan fingerprint density at radius 1 is 1.29 bits per heavy atom. The quantitative estimate of drug-likeness (QED) is 0.867. The van der Waals surface area contributed by atoms with Gasteiger partial charge in [-0.1, -0.05) is 0 Å². The Bertz CT molecular complexity index is 506. The van der Waals surface area contributed by atoms with E-state index in [-0.39, 0.29) is 11.3 Å². The lowest BCUT2D eigenvalue weighted by Gasteiger charge is -2.12. The number of nitrogens with zero attached hydrogens (tertiary/aromatic N) is 3. The van der Waals surface area contributed by atoms with E-state index in [0.29, 0.717) is 0 Å². The van der Waals surface area contributed by atoms with E-state index in [1.54, 1.807) is 11.3 Å². The molecule has 0 amide bonds. The van der Waals surface area contributed by atoms with E-state index in [0.717, 1.165) is 22.2 Å². The van der Waals surface area contributed by atoms with E-state index in [9.17, 15) is 0 Å². The third-order valence-corrected chi connectivity index (χ3v) is 3.23. The lowest BCUT2D eigenvalue weighted by Crippen LogP contribution is -2.09. The SMILES string of the molecule is Cc1cc(NC(C)c2csc(C)n2)nc(Cl)n1. The van der Waals surface area contributed by atoms with E-state index < -0.39 is 0 Å². The van der Waals surface area contributed by atoms with Crippen LogP contribution in [0.15, 0.2) is 11.4 Å². The van der Waals surface area contributed by atoms with Crippen LogP contribution in [0.1, 0.15) is 29.4 Å². The van der Waals surface area contributed by atoms with Crippen molar-refractivity contribution in [2.45, 2.75) is 26.8 Å². The topological polar surface area (TPSA) is 50.7 Å². The van der Waals surface area contributed by atoms with E-state index in [1.165, 1.54) is 0 Å². The summed E-state index contributed by atoms with van der Waals surface area (Å²) in [6.07, 6.45) is 0. The van der Waals surface area contributed by atoms with Gasteiger partial charge in [-0.3, -0.25) is 0 Å². The molecule has 2 aromatic heterocycles. The minimum absolute atomic E-state index is 0.102. The van der Waals surface area contributed by atoms with Gasteiger partial charge in [0.25, 0.3) is 0 Å². The zero-order valence-corrected chi connectivity index (χ0v) is 11.4. The van der Waals surface area contributed by atoms with Gasteiger partial charge in [-0.25, -0.2) is 15.0 Å². The summed E-state index contributed by atoms with van der Waals surface area (Å²) >= 11 is 7.45. The molecule has 0 radical (unpaired) electrons. The van der Waals surface area contributed by atoms with Crippen LogP contribution in [-0.4, -0.2) is 15.0 Å². The molecule has 0 saturated carbocycles. The number of aromatic nitrogens is 3. The van der Waals surface area contributed by atoms with Crippen LogP contribution in [0.3, 0.4) is 0 Å². The predicted octanol–water partition coefficient (Wildman–Crippen LogP) is 3.38. The van der Waals surface area contributed by atoms with Gasteiger partial charge in [0.1, 0.15) is 5.82 Å². The molecule has 0 saturated heterocycles. The van der Waals surface area contributed by atoms with Crippen LogP contribution in [0.5, 0.6) is 0 Å². The van der Waals surface area contributed by atoms with Crippen LogP contribution in [0, 0.1) is 13.8 Å². The molecule has 4 nitrogen and oxygen atoms in total. The Morgan fingerprint density at radius 2 is 2.06 bits per heavy atom. The summed E-state index contributed by atoms with van der Waals surface area (Å²) in [5, 5.41) is 6.63. The fourth-order valence-electron chi connectivity index (χ4n) is 1.48. The lowest BCUT2D eigenvalue weighted by molar-refractivity contribution is 0.834. The third-order valence-electron chi connectivity index (χ3n) is 2.27. The molecular formula is C11H13ClN4S. The molecule has 6 heteroatoms. The maximum atomic E-state index is 5.81. The highest BCUT2D eigenvalue weighted by Crippen LogP contribution is 2.20. The Kier molecular flexibility index (Phi) is 3.59. The van der Waals surface area contributed by atoms with Gasteiger partial charge in [0.2, 0.25) is 5.28 Å². The number of nitrogens with one attached hydrogen (secondary N) is 1. The monoisotopic (exact) mass is 268 g/mol. The minimum Gasteiger partial charge on any atom is -0.362 e. The number of hydrogen-bond acceptors (Lipinski definition) is 5. The summed E-state index contributed by atoms with van der Waals surface area (Å²) in [5.41, 5.74) is 1.86. The molecule has 0 aromatic carbocycles. The second kappa shape index (κ2) is 4.98. The first-order valence-electron chi connectivity index (χ1n) is 5.24. The van der Waals surface area contributed by atoms with Gasteiger partial charge in [-0.15, -0.1) is 11.3 Å². The van der Waals surface area contributed by atoms with E-state index in [4.69, 9.17) is 11.6 Å². The van der Waals surface area contributed by atoms with Crippen molar-refractivity contribution in [2.75, 3.05) is 5.32 Å². The van der Waals surface area contributed by atoms with Crippen LogP contribution < -0.4 is 5.32 Å². The van der Waals surface area contributed by atoms with Gasteiger partial charge in [0, 0.05) is 17.1 Å². The Hall–Kier alpha value is -1.20. The van der Waals surface area contributed by atoms with Crippen molar-refractivity contribution < 1.29 is 0 Å². The highest BCUT2D eigenvalue weighted by Gasteiger charge is 2.10. The predicted molar refractivity (Wildman–Crippen MR) is 70.7 cm³/mol. The first kappa shape index (κ1) is 12.3. The van der Waals surface area contributed by atoms with Crippen LogP contribution in [-0.2, 0) is 0 Å². The van der Waals surface area contributed by atoms with Crippen molar-refractivity contribution in [1.29, 1.82) is 0 Å². The fourth-order valence-corrected chi connectivity index (χ4v) is 2.41. The maximum absolute atomic E-state index is 5.81. The average molecular weight is 269 g/mol. The summed E-state index contributed by atoms with van der Waals surface area (Å²) in [4.78, 5) is 12.6.